The van der Waals surface area contributed by atoms with E-state index >= 15 is 0 Å². The van der Waals surface area contributed by atoms with Gasteiger partial charge in [-0.2, -0.15) is 4.57 Å². The zero-order valence-electron chi connectivity index (χ0n) is 11.3. The Hall–Kier alpha value is -1.26. The fourth-order valence-corrected chi connectivity index (χ4v) is 2.42. The quantitative estimate of drug-likeness (QED) is 0.862. The van der Waals surface area contributed by atoms with Crippen LogP contribution in [0.25, 0.3) is 0 Å². The summed E-state index contributed by atoms with van der Waals surface area (Å²) in [6, 6.07) is 2.14. The fourth-order valence-electron chi connectivity index (χ4n) is 1.61. The van der Waals surface area contributed by atoms with Crippen LogP contribution in [-0.4, -0.2) is 16.7 Å². The van der Waals surface area contributed by atoms with E-state index in [9.17, 15) is 0 Å². The summed E-state index contributed by atoms with van der Waals surface area (Å²) in [5.41, 5.74) is 4.47. The van der Waals surface area contributed by atoms with Gasteiger partial charge in [0.1, 0.15) is 0 Å². The van der Waals surface area contributed by atoms with E-state index in [-0.39, 0.29) is 6.61 Å². The second-order valence-electron chi connectivity index (χ2n) is 3.84. The Morgan fingerprint density at radius 1 is 1.33 bits per heavy atom. The third-order valence-electron chi connectivity index (χ3n) is 2.30. The minimum atomic E-state index is 0.215. The molecule has 3 nitrogen and oxygen atoms in total. The van der Waals surface area contributed by atoms with Gasteiger partial charge in [-0.05, 0) is 18.6 Å². The Kier molecular flexibility index (Phi) is 6.54. The van der Waals surface area contributed by atoms with Crippen LogP contribution in [0.2, 0.25) is 0 Å². The van der Waals surface area contributed by atoms with Crippen molar-refractivity contribution in [2.75, 3.05) is 6.61 Å². The van der Waals surface area contributed by atoms with Crippen molar-refractivity contribution in [2.24, 2.45) is 0 Å². The molecule has 0 atom stereocenters. The summed E-state index contributed by atoms with van der Waals surface area (Å²) < 4.78 is 2.13. The molecule has 0 amide bonds. The molecular weight excluding hydrogens is 244 g/mol. The molecule has 0 spiro atoms. The zero-order valence-corrected chi connectivity index (χ0v) is 12.1. The Bertz CT molecular complexity index is 468. The molecule has 2 rings (SSSR count). The summed E-state index contributed by atoms with van der Waals surface area (Å²) >= 11 is 1.68. The van der Waals surface area contributed by atoms with Crippen molar-refractivity contribution in [1.82, 2.24) is 4.98 Å². The van der Waals surface area contributed by atoms with Crippen molar-refractivity contribution in [3.63, 3.8) is 0 Å². The summed E-state index contributed by atoms with van der Waals surface area (Å²) in [7, 11) is 0. The molecule has 0 saturated heterocycles. The number of aliphatic hydroxyl groups is 1. The summed E-state index contributed by atoms with van der Waals surface area (Å²) in [4.78, 5) is 5.38. The standard InChI is InChI=1S/C12H15N2OS.C2H6/c1-10-4-11(6-13-5-10)7-14-8-12(2-3-15)16-9-14;1-2/h4-6,8-9,15H,2-3,7H2,1H3;1-2H3/q+1;. The molecule has 0 bridgehead atoms. The largest absolute Gasteiger partial charge is 0.396 e. The van der Waals surface area contributed by atoms with Crippen molar-refractivity contribution in [2.45, 2.75) is 33.7 Å². The highest BCUT2D eigenvalue weighted by molar-refractivity contribution is 7.09. The first kappa shape index (κ1) is 14.8. The van der Waals surface area contributed by atoms with E-state index in [1.165, 1.54) is 16.0 Å². The number of hydrogen-bond donors (Lipinski definition) is 1. The van der Waals surface area contributed by atoms with E-state index in [2.05, 4.69) is 27.3 Å². The molecule has 0 aliphatic heterocycles. The Balaban J connectivity index is 0.000000771. The molecule has 0 radical (unpaired) electrons. The number of pyridine rings is 1. The summed E-state index contributed by atoms with van der Waals surface area (Å²) in [6.07, 6.45) is 6.58. The van der Waals surface area contributed by atoms with Gasteiger partial charge < -0.3 is 5.11 Å². The molecule has 1 N–H and O–H groups in total. The number of aliphatic hydroxyl groups excluding tert-OH is 1. The lowest BCUT2D eigenvalue weighted by Gasteiger charge is -1.96. The molecule has 18 heavy (non-hydrogen) atoms. The average Bonchev–Trinajstić information content (AvgIpc) is 2.80. The number of thiazole rings is 1. The van der Waals surface area contributed by atoms with Crippen molar-refractivity contribution >= 4 is 11.3 Å². The lowest BCUT2D eigenvalue weighted by molar-refractivity contribution is -0.683. The monoisotopic (exact) mass is 265 g/mol. The van der Waals surface area contributed by atoms with Gasteiger partial charge in [-0.3, -0.25) is 4.98 Å². The normalized spacial score (nSPS) is 9.78. The molecule has 0 aromatic carbocycles. The van der Waals surface area contributed by atoms with Crippen LogP contribution in [0.4, 0.5) is 0 Å². The van der Waals surface area contributed by atoms with Crippen LogP contribution < -0.4 is 4.57 Å². The van der Waals surface area contributed by atoms with E-state index in [1.807, 2.05) is 33.2 Å². The number of rotatable bonds is 4. The second kappa shape index (κ2) is 7.95. The fraction of sp³-hybridized carbons (Fsp3) is 0.429. The lowest BCUT2D eigenvalue weighted by atomic mass is 10.2. The lowest BCUT2D eigenvalue weighted by Crippen LogP contribution is -2.30. The molecule has 0 aliphatic rings. The van der Waals surface area contributed by atoms with E-state index in [0.717, 1.165) is 13.0 Å². The molecule has 98 valence electrons. The van der Waals surface area contributed by atoms with E-state index in [1.54, 1.807) is 11.3 Å². The molecule has 0 saturated carbocycles. The topological polar surface area (TPSA) is 37.0 Å². The van der Waals surface area contributed by atoms with Crippen LogP contribution in [0.1, 0.15) is 29.9 Å². The van der Waals surface area contributed by atoms with E-state index in [4.69, 9.17) is 5.11 Å². The Morgan fingerprint density at radius 2 is 2.11 bits per heavy atom. The summed E-state index contributed by atoms with van der Waals surface area (Å²) in [5.74, 6) is 0. The van der Waals surface area contributed by atoms with Crippen LogP contribution in [0.3, 0.4) is 0 Å². The maximum Gasteiger partial charge on any atom is 0.225 e. The van der Waals surface area contributed by atoms with Gasteiger partial charge >= 0.3 is 0 Å². The van der Waals surface area contributed by atoms with Crippen molar-refractivity contribution in [1.29, 1.82) is 0 Å². The van der Waals surface area contributed by atoms with Gasteiger partial charge in [0.25, 0.3) is 0 Å². The molecule has 4 heteroatoms. The average molecular weight is 265 g/mol. The van der Waals surface area contributed by atoms with Crippen LogP contribution in [0.15, 0.2) is 30.2 Å². The van der Waals surface area contributed by atoms with Gasteiger partial charge in [0.2, 0.25) is 5.51 Å². The predicted molar refractivity (Wildman–Crippen MR) is 74.7 cm³/mol. The zero-order chi connectivity index (χ0) is 13.4. The minimum Gasteiger partial charge on any atom is -0.396 e. The van der Waals surface area contributed by atoms with Gasteiger partial charge in [-0.15, -0.1) is 0 Å². The van der Waals surface area contributed by atoms with Gasteiger partial charge in [0, 0.05) is 31.0 Å². The number of aryl methyl sites for hydroxylation is 1. The highest BCUT2D eigenvalue weighted by Crippen LogP contribution is 2.06. The van der Waals surface area contributed by atoms with Gasteiger partial charge in [0.05, 0.1) is 4.88 Å². The van der Waals surface area contributed by atoms with Crippen molar-refractivity contribution in [3.05, 3.63) is 46.2 Å². The molecule has 2 aromatic heterocycles. The predicted octanol–water partition coefficient (Wildman–Crippen LogP) is 2.35. The number of nitrogens with zero attached hydrogens (tertiary/aromatic N) is 2. The molecule has 0 unspecified atom stereocenters. The SMILES string of the molecule is CC.Cc1cncc(C[n+]2csc(CCO)c2)c1. The summed E-state index contributed by atoms with van der Waals surface area (Å²) in [6.45, 7) is 7.11. The Morgan fingerprint density at radius 3 is 2.78 bits per heavy atom. The molecule has 2 aromatic rings. The van der Waals surface area contributed by atoms with Gasteiger partial charge in [-0.1, -0.05) is 25.2 Å². The van der Waals surface area contributed by atoms with Crippen LogP contribution in [0.5, 0.6) is 0 Å². The third kappa shape index (κ3) is 4.55. The number of hydrogen-bond acceptors (Lipinski definition) is 3. The molecular formula is C14H21N2OS+. The molecule has 0 aliphatic carbocycles. The van der Waals surface area contributed by atoms with Crippen LogP contribution in [0, 0.1) is 6.92 Å². The van der Waals surface area contributed by atoms with E-state index < -0.39 is 0 Å². The first-order valence-corrected chi connectivity index (χ1v) is 7.14. The number of aromatic nitrogens is 2. The van der Waals surface area contributed by atoms with Crippen LogP contribution in [-0.2, 0) is 13.0 Å². The first-order valence-electron chi connectivity index (χ1n) is 6.26. The first-order chi connectivity index (χ1) is 8.78. The molecule has 2 heterocycles. The van der Waals surface area contributed by atoms with Crippen molar-refractivity contribution < 1.29 is 9.67 Å². The summed E-state index contributed by atoms with van der Waals surface area (Å²) in [5, 5.41) is 8.84. The highest BCUT2D eigenvalue weighted by atomic mass is 32.1. The van der Waals surface area contributed by atoms with Crippen molar-refractivity contribution in [3.8, 4) is 0 Å². The van der Waals surface area contributed by atoms with Gasteiger partial charge in [-0.25, -0.2) is 0 Å². The third-order valence-corrected chi connectivity index (χ3v) is 3.29. The highest BCUT2D eigenvalue weighted by Gasteiger charge is 2.07. The molecule has 0 fully saturated rings. The second-order valence-corrected chi connectivity index (χ2v) is 4.81. The van der Waals surface area contributed by atoms with Gasteiger partial charge in [0.15, 0.2) is 12.7 Å². The van der Waals surface area contributed by atoms with E-state index in [0.29, 0.717) is 0 Å². The smallest absolute Gasteiger partial charge is 0.225 e. The minimum absolute atomic E-state index is 0.215. The van der Waals surface area contributed by atoms with Crippen LogP contribution >= 0.6 is 11.3 Å². The maximum absolute atomic E-state index is 8.84. The Labute approximate surface area is 113 Å². The maximum atomic E-state index is 8.84.